The molecule has 150 valence electrons. The number of amides is 2. The van der Waals surface area contributed by atoms with Gasteiger partial charge in [-0.25, -0.2) is 4.98 Å². The number of aromatic nitrogens is 1. The van der Waals surface area contributed by atoms with Crippen LogP contribution in [0.25, 0.3) is 10.8 Å². The van der Waals surface area contributed by atoms with Gasteiger partial charge in [-0.15, -0.1) is 11.3 Å². The average molecular weight is 410 g/mol. The minimum Gasteiger partial charge on any atom is -0.440 e. The zero-order chi connectivity index (χ0) is 20.2. The molecule has 1 aliphatic heterocycles. The summed E-state index contributed by atoms with van der Waals surface area (Å²) in [5, 5.41) is 4.91. The molecular weight excluding hydrogens is 386 g/mol. The minimum atomic E-state index is -0.201. The number of para-hydroxylation sites is 1. The zero-order valence-corrected chi connectivity index (χ0v) is 17.1. The maximum Gasteiger partial charge on any atom is 0.236 e. The molecule has 1 aliphatic rings. The quantitative estimate of drug-likeness (QED) is 0.687. The van der Waals surface area contributed by atoms with E-state index < -0.39 is 0 Å². The number of anilines is 1. The molecule has 0 bridgehead atoms. The highest BCUT2D eigenvalue weighted by atomic mass is 32.1. The first kappa shape index (κ1) is 19.4. The second kappa shape index (κ2) is 8.61. The molecule has 1 N–H and O–H groups in total. The van der Waals surface area contributed by atoms with Gasteiger partial charge in [0, 0.05) is 18.8 Å². The zero-order valence-electron chi connectivity index (χ0n) is 16.3. The molecule has 3 heterocycles. The smallest absolute Gasteiger partial charge is 0.236 e. The lowest BCUT2D eigenvalue weighted by molar-refractivity contribution is -0.134. The molecule has 6 nitrogen and oxygen atoms in total. The van der Waals surface area contributed by atoms with Crippen molar-refractivity contribution < 1.29 is 14.0 Å². The summed E-state index contributed by atoms with van der Waals surface area (Å²) in [4.78, 5) is 32.7. The Kier molecular flexibility index (Phi) is 5.76. The third-order valence-corrected chi connectivity index (χ3v) is 5.99. The van der Waals surface area contributed by atoms with E-state index in [1.54, 1.807) is 16.2 Å². The van der Waals surface area contributed by atoms with Crippen molar-refractivity contribution >= 4 is 28.8 Å². The average Bonchev–Trinajstić information content (AvgIpc) is 3.39. The number of carbonyl (C=O) groups excluding carboxylic acids is 2. The molecule has 4 rings (SSSR count). The predicted molar refractivity (Wildman–Crippen MR) is 113 cm³/mol. The van der Waals surface area contributed by atoms with Crippen LogP contribution in [0.1, 0.15) is 24.3 Å². The molecule has 0 unspecified atom stereocenters. The molecule has 1 aromatic carbocycles. The number of piperidine rings is 1. The molecule has 2 aromatic heterocycles. The van der Waals surface area contributed by atoms with Crippen molar-refractivity contribution in [2.24, 2.45) is 5.92 Å². The topological polar surface area (TPSA) is 75.4 Å². The second-order valence-electron chi connectivity index (χ2n) is 7.21. The first-order valence-electron chi connectivity index (χ1n) is 9.74. The highest BCUT2D eigenvalue weighted by Crippen LogP contribution is 2.27. The monoisotopic (exact) mass is 409 g/mol. The van der Waals surface area contributed by atoms with Gasteiger partial charge in [0.2, 0.25) is 17.7 Å². The summed E-state index contributed by atoms with van der Waals surface area (Å²) < 4.78 is 5.74. The number of likely N-dealkylation sites (tertiary alicyclic amines) is 1. The molecule has 1 saturated heterocycles. The number of aryl methyl sites for hydroxylation is 1. The van der Waals surface area contributed by atoms with Crippen LogP contribution in [0, 0.1) is 12.8 Å². The van der Waals surface area contributed by atoms with Crippen LogP contribution in [0.5, 0.6) is 0 Å². The Bertz CT molecular complexity index is 982. The fraction of sp³-hybridized carbons (Fsp3) is 0.318. The number of benzene rings is 1. The van der Waals surface area contributed by atoms with E-state index >= 15 is 0 Å². The molecule has 1 atom stereocenters. The van der Waals surface area contributed by atoms with Crippen molar-refractivity contribution in [1.82, 2.24) is 9.88 Å². The summed E-state index contributed by atoms with van der Waals surface area (Å²) in [5.74, 6) is 0.965. The Hall–Kier alpha value is -2.93. The summed E-state index contributed by atoms with van der Waals surface area (Å²) in [7, 11) is 0. The van der Waals surface area contributed by atoms with E-state index in [4.69, 9.17) is 4.42 Å². The highest BCUT2D eigenvalue weighted by Gasteiger charge is 2.29. The SMILES string of the molecule is Cc1oc(-c2cccs2)nc1CC(=O)N1CCC[C@@H](C(=O)Nc2ccccc2)C1. The van der Waals surface area contributed by atoms with Crippen LogP contribution < -0.4 is 5.32 Å². The number of oxazole rings is 1. The van der Waals surface area contributed by atoms with Crippen molar-refractivity contribution in [1.29, 1.82) is 0 Å². The van der Waals surface area contributed by atoms with Crippen LogP contribution >= 0.6 is 11.3 Å². The lowest BCUT2D eigenvalue weighted by Gasteiger charge is -2.32. The number of carbonyl (C=O) groups is 2. The lowest BCUT2D eigenvalue weighted by atomic mass is 9.96. The molecule has 0 spiro atoms. The van der Waals surface area contributed by atoms with E-state index in [9.17, 15) is 9.59 Å². The largest absolute Gasteiger partial charge is 0.440 e. The summed E-state index contributed by atoms with van der Waals surface area (Å²) >= 11 is 1.55. The van der Waals surface area contributed by atoms with Crippen molar-refractivity contribution in [2.45, 2.75) is 26.2 Å². The summed E-state index contributed by atoms with van der Waals surface area (Å²) in [6.07, 6.45) is 1.79. The van der Waals surface area contributed by atoms with E-state index in [2.05, 4.69) is 10.3 Å². The molecule has 29 heavy (non-hydrogen) atoms. The third-order valence-electron chi connectivity index (χ3n) is 5.13. The maximum absolute atomic E-state index is 12.9. The Morgan fingerprint density at radius 3 is 2.83 bits per heavy atom. The van der Waals surface area contributed by atoms with Gasteiger partial charge < -0.3 is 14.6 Å². The van der Waals surface area contributed by atoms with Gasteiger partial charge in [0.15, 0.2) is 0 Å². The van der Waals surface area contributed by atoms with E-state index in [-0.39, 0.29) is 24.2 Å². The number of nitrogens with one attached hydrogen (secondary N) is 1. The second-order valence-corrected chi connectivity index (χ2v) is 8.16. The van der Waals surface area contributed by atoms with Crippen LogP contribution in [0.2, 0.25) is 0 Å². The number of thiophene rings is 1. The third kappa shape index (κ3) is 4.56. The molecule has 0 radical (unpaired) electrons. The van der Waals surface area contributed by atoms with Gasteiger partial charge in [-0.05, 0) is 43.3 Å². The fourth-order valence-corrected chi connectivity index (χ4v) is 4.19. The molecule has 0 aliphatic carbocycles. The van der Waals surface area contributed by atoms with E-state index in [1.807, 2.05) is 54.8 Å². The highest BCUT2D eigenvalue weighted by molar-refractivity contribution is 7.13. The number of hydrogen-bond acceptors (Lipinski definition) is 5. The van der Waals surface area contributed by atoms with Crippen LogP contribution in [0.15, 0.2) is 52.3 Å². The lowest BCUT2D eigenvalue weighted by Crippen LogP contribution is -2.44. The van der Waals surface area contributed by atoms with Crippen molar-refractivity contribution in [3.8, 4) is 10.8 Å². The van der Waals surface area contributed by atoms with Crippen LogP contribution in [0.3, 0.4) is 0 Å². The number of nitrogens with zero attached hydrogens (tertiary/aromatic N) is 2. The van der Waals surface area contributed by atoms with Crippen LogP contribution in [0.4, 0.5) is 5.69 Å². The number of hydrogen-bond donors (Lipinski definition) is 1. The number of rotatable bonds is 5. The van der Waals surface area contributed by atoms with Crippen LogP contribution in [-0.2, 0) is 16.0 Å². The Morgan fingerprint density at radius 2 is 2.07 bits per heavy atom. The van der Waals surface area contributed by atoms with Gasteiger partial charge >= 0.3 is 0 Å². The van der Waals surface area contributed by atoms with Gasteiger partial charge in [0.05, 0.1) is 22.9 Å². The van der Waals surface area contributed by atoms with Crippen LogP contribution in [-0.4, -0.2) is 34.8 Å². The molecular formula is C22H23N3O3S. The Morgan fingerprint density at radius 1 is 1.24 bits per heavy atom. The summed E-state index contributed by atoms with van der Waals surface area (Å²) in [6.45, 7) is 2.94. The maximum atomic E-state index is 12.9. The first-order chi connectivity index (χ1) is 14.1. The predicted octanol–water partition coefficient (Wildman–Crippen LogP) is 4.13. The van der Waals surface area contributed by atoms with Gasteiger partial charge in [-0.2, -0.15) is 0 Å². The fourth-order valence-electron chi connectivity index (χ4n) is 3.54. The van der Waals surface area contributed by atoms with Gasteiger partial charge in [-0.3, -0.25) is 9.59 Å². The van der Waals surface area contributed by atoms with Crippen molar-refractivity contribution in [3.05, 3.63) is 59.3 Å². The van der Waals surface area contributed by atoms with Gasteiger partial charge in [0.1, 0.15) is 5.76 Å². The van der Waals surface area contributed by atoms with Gasteiger partial charge in [0.25, 0.3) is 0 Å². The summed E-state index contributed by atoms with van der Waals surface area (Å²) in [5.41, 5.74) is 1.44. The van der Waals surface area contributed by atoms with E-state index in [0.717, 1.165) is 23.4 Å². The molecule has 1 fully saturated rings. The molecule has 3 aromatic rings. The normalized spacial score (nSPS) is 16.6. The van der Waals surface area contributed by atoms with Gasteiger partial charge in [-0.1, -0.05) is 24.3 Å². The van der Waals surface area contributed by atoms with Crippen molar-refractivity contribution in [3.63, 3.8) is 0 Å². The first-order valence-corrected chi connectivity index (χ1v) is 10.6. The molecule has 2 amide bonds. The summed E-state index contributed by atoms with van der Waals surface area (Å²) in [6, 6.07) is 13.3. The Labute approximate surface area is 173 Å². The van der Waals surface area contributed by atoms with E-state index in [0.29, 0.717) is 30.4 Å². The molecule has 0 saturated carbocycles. The van der Waals surface area contributed by atoms with Crippen molar-refractivity contribution in [2.75, 3.05) is 18.4 Å². The van der Waals surface area contributed by atoms with E-state index in [1.165, 1.54) is 0 Å². The Balaban J connectivity index is 1.38. The standard InChI is InChI=1S/C22H23N3O3S/c1-15-18(24-22(28-15)19-10-6-12-29-19)13-20(26)25-11-5-7-16(14-25)21(27)23-17-8-3-2-4-9-17/h2-4,6,8-10,12,16H,5,7,11,13-14H2,1H3,(H,23,27)/t16-/m1/s1. The minimum absolute atomic E-state index is 0.0173. The molecule has 7 heteroatoms.